The van der Waals surface area contributed by atoms with E-state index in [4.69, 9.17) is 0 Å². The maximum Gasteiger partial charge on any atom is 0.243 e. The Kier molecular flexibility index (Phi) is 3.97. The Labute approximate surface area is 142 Å². The van der Waals surface area contributed by atoms with Crippen LogP contribution in [-0.4, -0.2) is 45.5 Å². The minimum atomic E-state index is -3.60. The minimum Gasteiger partial charge on any atom is -0.314 e. The summed E-state index contributed by atoms with van der Waals surface area (Å²) in [5.74, 6) is -0.516. The van der Waals surface area contributed by atoms with Gasteiger partial charge in [-0.05, 0) is 17.2 Å². The lowest BCUT2D eigenvalue weighted by Gasteiger charge is -2.30. The van der Waals surface area contributed by atoms with Crippen LogP contribution in [0.2, 0.25) is 0 Å². The van der Waals surface area contributed by atoms with Gasteiger partial charge in [0.15, 0.2) is 0 Å². The van der Waals surface area contributed by atoms with Crippen molar-refractivity contribution in [3.63, 3.8) is 0 Å². The Hall–Kier alpha value is -2.18. The number of amides is 1. The summed E-state index contributed by atoms with van der Waals surface area (Å²) in [5.41, 5.74) is 0.946. The molecule has 0 N–H and O–H groups in total. The van der Waals surface area contributed by atoms with Gasteiger partial charge in [-0.1, -0.05) is 48.5 Å². The molecular formula is C18H20N2O3S. The third kappa shape index (κ3) is 2.34. The summed E-state index contributed by atoms with van der Waals surface area (Å²) in [5, 5.41) is 0. The number of hydrogen-bond acceptors (Lipinski definition) is 3. The topological polar surface area (TPSA) is 57.7 Å². The first kappa shape index (κ1) is 16.7. The molecule has 0 bridgehead atoms. The van der Waals surface area contributed by atoms with Crippen molar-refractivity contribution in [1.29, 1.82) is 0 Å². The van der Waals surface area contributed by atoms with Crippen molar-refractivity contribution in [2.45, 2.75) is 5.41 Å². The van der Waals surface area contributed by atoms with E-state index in [-0.39, 0.29) is 11.7 Å². The molecule has 0 saturated heterocycles. The highest BCUT2D eigenvalue weighted by molar-refractivity contribution is 7.89. The molecule has 1 heterocycles. The molecule has 1 aliphatic rings. The summed E-state index contributed by atoms with van der Waals surface area (Å²) in [7, 11) is 1.07. The van der Waals surface area contributed by atoms with Crippen molar-refractivity contribution in [3.05, 3.63) is 65.7 Å². The SMILES string of the molecule is CN1C(=O)C(CS(=O)(=O)N(C)C)(c2ccccc2)c2ccccc21. The molecule has 1 unspecified atom stereocenters. The van der Waals surface area contributed by atoms with E-state index in [1.54, 1.807) is 11.9 Å². The van der Waals surface area contributed by atoms with Gasteiger partial charge >= 0.3 is 0 Å². The molecular weight excluding hydrogens is 324 g/mol. The minimum absolute atomic E-state index is 0.222. The molecule has 126 valence electrons. The lowest BCUT2D eigenvalue weighted by Crippen LogP contribution is -2.47. The lowest BCUT2D eigenvalue weighted by atomic mass is 9.77. The second-order valence-corrected chi connectivity index (χ2v) is 8.37. The van der Waals surface area contributed by atoms with Crippen LogP contribution in [0.4, 0.5) is 5.69 Å². The van der Waals surface area contributed by atoms with Gasteiger partial charge in [-0.15, -0.1) is 0 Å². The Morgan fingerprint density at radius 2 is 1.58 bits per heavy atom. The monoisotopic (exact) mass is 344 g/mol. The van der Waals surface area contributed by atoms with Gasteiger partial charge in [0, 0.05) is 26.8 Å². The van der Waals surface area contributed by atoms with Crippen molar-refractivity contribution in [1.82, 2.24) is 4.31 Å². The number of hydrogen-bond donors (Lipinski definition) is 0. The fraction of sp³-hybridized carbons (Fsp3) is 0.278. The molecule has 2 aromatic carbocycles. The van der Waals surface area contributed by atoms with E-state index in [9.17, 15) is 13.2 Å². The number of para-hydroxylation sites is 1. The van der Waals surface area contributed by atoms with Crippen LogP contribution in [0.25, 0.3) is 0 Å². The van der Waals surface area contributed by atoms with Crippen LogP contribution in [0.3, 0.4) is 0 Å². The lowest BCUT2D eigenvalue weighted by molar-refractivity contribution is -0.121. The van der Waals surface area contributed by atoms with Crippen LogP contribution in [0.5, 0.6) is 0 Å². The molecule has 1 aliphatic heterocycles. The quantitative estimate of drug-likeness (QED) is 0.850. The van der Waals surface area contributed by atoms with E-state index in [1.165, 1.54) is 18.4 Å². The molecule has 0 aromatic heterocycles. The summed E-state index contributed by atoms with van der Waals surface area (Å²) in [6.07, 6.45) is 0. The highest BCUT2D eigenvalue weighted by atomic mass is 32.2. The first-order chi connectivity index (χ1) is 11.3. The van der Waals surface area contributed by atoms with Crippen LogP contribution >= 0.6 is 0 Å². The molecule has 0 aliphatic carbocycles. The molecule has 3 rings (SSSR count). The highest BCUT2D eigenvalue weighted by Crippen LogP contribution is 2.46. The van der Waals surface area contributed by atoms with Crippen LogP contribution in [0, 0.1) is 0 Å². The van der Waals surface area contributed by atoms with Gasteiger partial charge in [0.2, 0.25) is 15.9 Å². The largest absolute Gasteiger partial charge is 0.314 e. The highest BCUT2D eigenvalue weighted by Gasteiger charge is 2.53. The number of fused-ring (bicyclic) bond motifs is 1. The zero-order valence-corrected chi connectivity index (χ0v) is 14.7. The second kappa shape index (κ2) is 5.72. The van der Waals surface area contributed by atoms with E-state index in [0.29, 0.717) is 5.56 Å². The first-order valence-electron chi connectivity index (χ1n) is 7.64. The van der Waals surface area contributed by atoms with E-state index in [1.807, 2.05) is 54.6 Å². The molecule has 2 aromatic rings. The molecule has 5 nitrogen and oxygen atoms in total. The third-order valence-corrected chi connectivity index (χ3v) is 6.53. The standard InChI is InChI=1S/C18H20N2O3S/c1-19(2)24(22,23)13-18(14-9-5-4-6-10-14)15-11-7-8-12-16(15)20(3)17(18)21/h4-12H,13H2,1-3H3. The summed E-state index contributed by atoms with van der Waals surface area (Å²) in [6, 6.07) is 16.5. The summed E-state index contributed by atoms with van der Waals surface area (Å²) in [4.78, 5) is 14.8. The predicted molar refractivity (Wildman–Crippen MR) is 94.5 cm³/mol. The number of carbonyl (C=O) groups excluding carboxylic acids is 1. The summed E-state index contributed by atoms with van der Waals surface area (Å²) in [6.45, 7) is 0. The molecule has 0 saturated carbocycles. The number of benzene rings is 2. The maximum atomic E-state index is 13.2. The van der Waals surface area contributed by atoms with E-state index < -0.39 is 15.4 Å². The maximum absolute atomic E-state index is 13.2. The van der Waals surface area contributed by atoms with Gasteiger partial charge < -0.3 is 4.90 Å². The predicted octanol–water partition coefficient (Wildman–Crippen LogP) is 1.84. The average molecular weight is 344 g/mol. The molecule has 0 radical (unpaired) electrons. The van der Waals surface area contributed by atoms with Gasteiger partial charge in [-0.2, -0.15) is 0 Å². The first-order valence-corrected chi connectivity index (χ1v) is 9.25. The van der Waals surface area contributed by atoms with Gasteiger partial charge in [-0.25, -0.2) is 12.7 Å². The fourth-order valence-electron chi connectivity index (χ4n) is 3.27. The van der Waals surface area contributed by atoms with Gasteiger partial charge in [0.1, 0.15) is 5.41 Å². The normalized spacial score (nSPS) is 20.5. The van der Waals surface area contributed by atoms with Crippen molar-refractivity contribution in [2.24, 2.45) is 0 Å². The number of anilines is 1. The molecule has 0 fully saturated rings. The summed E-state index contributed by atoms with van der Waals surface area (Å²) < 4.78 is 26.5. The number of sulfonamides is 1. The third-order valence-electron chi connectivity index (χ3n) is 4.62. The van der Waals surface area contributed by atoms with Crippen molar-refractivity contribution in [2.75, 3.05) is 31.8 Å². The molecule has 0 spiro atoms. The Balaban J connectivity index is 2.31. The average Bonchev–Trinajstić information content (AvgIpc) is 2.78. The van der Waals surface area contributed by atoms with Crippen molar-refractivity contribution >= 4 is 21.6 Å². The Morgan fingerprint density at radius 3 is 2.21 bits per heavy atom. The number of rotatable bonds is 4. The number of nitrogens with zero attached hydrogens (tertiary/aromatic N) is 2. The zero-order valence-electron chi connectivity index (χ0n) is 13.9. The van der Waals surface area contributed by atoms with Crippen LogP contribution in [-0.2, 0) is 20.2 Å². The van der Waals surface area contributed by atoms with Crippen LogP contribution < -0.4 is 4.90 Å². The Bertz CT molecular complexity index is 878. The molecule has 6 heteroatoms. The van der Waals surface area contributed by atoms with Crippen molar-refractivity contribution in [3.8, 4) is 0 Å². The van der Waals surface area contributed by atoms with Crippen LogP contribution in [0.1, 0.15) is 11.1 Å². The number of likely N-dealkylation sites (N-methyl/N-ethyl adjacent to an activating group) is 1. The van der Waals surface area contributed by atoms with Crippen molar-refractivity contribution < 1.29 is 13.2 Å². The van der Waals surface area contributed by atoms with Gasteiger partial charge in [-0.3, -0.25) is 4.79 Å². The fourth-order valence-corrected chi connectivity index (χ4v) is 4.52. The Morgan fingerprint density at radius 1 is 1.00 bits per heavy atom. The van der Waals surface area contributed by atoms with Gasteiger partial charge in [0.25, 0.3) is 0 Å². The smallest absolute Gasteiger partial charge is 0.243 e. The van der Waals surface area contributed by atoms with Crippen LogP contribution in [0.15, 0.2) is 54.6 Å². The van der Waals surface area contributed by atoms with E-state index >= 15 is 0 Å². The van der Waals surface area contributed by atoms with Gasteiger partial charge in [0.05, 0.1) is 5.75 Å². The number of carbonyl (C=O) groups is 1. The van der Waals surface area contributed by atoms with E-state index in [2.05, 4.69) is 0 Å². The molecule has 1 atom stereocenters. The summed E-state index contributed by atoms with van der Waals surface area (Å²) >= 11 is 0. The zero-order chi connectivity index (χ0) is 17.5. The molecule has 24 heavy (non-hydrogen) atoms. The molecule has 1 amide bonds. The van der Waals surface area contributed by atoms with E-state index in [0.717, 1.165) is 11.3 Å². The second-order valence-electron chi connectivity index (χ2n) is 6.19.